The highest BCUT2D eigenvalue weighted by Crippen LogP contribution is 2.26. The van der Waals surface area contributed by atoms with E-state index in [4.69, 9.17) is 0 Å². The van der Waals surface area contributed by atoms with E-state index < -0.39 is 6.09 Å². The summed E-state index contributed by atoms with van der Waals surface area (Å²) in [6.45, 7) is 2.03. The van der Waals surface area contributed by atoms with Gasteiger partial charge in [0.1, 0.15) is 5.82 Å². The van der Waals surface area contributed by atoms with E-state index in [0.717, 1.165) is 10.2 Å². The fourth-order valence-corrected chi connectivity index (χ4v) is 2.16. The highest BCUT2D eigenvalue weighted by molar-refractivity contribution is 9.10. The second-order valence-electron chi connectivity index (χ2n) is 4.16. The summed E-state index contributed by atoms with van der Waals surface area (Å²) in [6, 6.07) is 9.53. The molecule has 0 aliphatic heterocycles. The second-order valence-corrected chi connectivity index (χ2v) is 5.01. The lowest BCUT2D eigenvalue weighted by molar-refractivity contribution is 0.187. The minimum atomic E-state index is -0.520. The summed E-state index contributed by atoms with van der Waals surface area (Å²) in [5.41, 5.74) is 2.68. The van der Waals surface area contributed by atoms with Gasteiger partial charge in [0.15, 0.2) is 0 Å². The zero-order chi connectivity index (χ0) is 14.5. The maximum atomic E-state index is 11.1. The number of anilines is 3. The van der Waals surface area contributed by atoms with Crippen LogP contribution < -0.4 is 10.6 Å². The van der Waals surface area contributed by atoms with E-state index >= 15 is 0 Å². The Balaban J connectivity index is 2.08. The van der Waals surface area contributed by atoms with Crippen molar-refractivity contribution >= 4 is 39.2 Å². The Bertz CT molecular complexity index is 614. The van der Waals surface area contributed by atoms with Crippen molar-refractivity contribution in [3.63, 3.8) is 0 Å². The number of nitrogens with zero attached hydrogens (tertiary/aromatic N) is 1. The number of rotatable bonds is 3. The maximum Gasteiger partial charge on any atom is 0.411 e. The molecule has 0 atom stereocenters. The molecule has 20 heavy (non-hydrogen) atoms. The van der Waals surface area contributed by atoms with Crippen LogP contribution in [0.1, 0.15) is 5.56 Å². The third kappa shape index (κ3) is 3.71. The smallest absolute Gasteiger partial charge is 0.411 e. The molecule has 1 heterocycles. The average molecular weight is 336 g/mol. The van der Waals surface area contributed by atoms with E-state index in [1.165, 1.54) is 12.7 Å². The lowest BCUT2D eigenvalue weighted by Crippen LogP contribution is -2.11. The molecule has 0 radical (unpaired) electrons. The molecule has 2 aromatic rings. The second kappa shape index (κ2) is 6.38. The van der Waals surface area contributed by atoms with Gasteiger partial charge >= 0.3 is 6.09 Å². The van der Waals surface area contributed by atoms with Crippen molar-refractivity contribution < 1.29 is 9.53 Å². The first kappa shape index (κ1) is 14.3. The van der Waals surface area contributed by atoms with Gasteiger partial charge in [-0.05, 0) is 52.7 Å². The van der Waals surface area contributed by atoms with Crippen LogP contribution in [0.5, 0.6) is 0 Å². The number of aryl methyl sites for hydroxylation is 1. The van der Waals surface area contributed by atoms with Crippen LogP contribution in [0.25, 0.3) is 0 Å². The number of aromatic nitrogens is 1. The summed E-state index contributed by atoms with van der Waals surface area (Å²) in [7, 11) is 1.31. The molecule has 5 nitrogen and oxygen atoms in total. The van der Waals surface area contributed by atoms with E-state index in [0.29, 0.717) is 11.5 Å². The van der Waals surface area contributed by atoms with Crippen LogP contribution in [-0.2, 0) is 4.74 Å². The van der Waals surface area contributed by atoms with Crippen molar-refractivity contribution in [1.29, 1.82) is 0 Å². The molecule has 0 saturated carbocycles. The Kier molecular flexibility index (Phi) is 4.57. The van der Waals surface area contributed by atoms with Gasteiger partial charge in [-0.25, -0.2) is 9.78 Å². The number of pyridine rings is 1. The van der Waals surface area contributed by atoms with Crippen LogP contribution in [0, 0.1) is 6.92 Å². The minimum Gasteiger partial charge on any atom is -0.453 e. The lowest BCUT2D eigenvalue weighted by atomic mass is 10.2. The predicted molar refractivity (Wildman–Crippen MR) is 82.4 cm³/mol. The number of methoxy groups -OCH3 is 1. The number of hydrogen-bond acceptors (Lipinski definition) is 4. The van der Waals surface area contributed by atoms with Crippen LogP contribution in [0.15, 0.2) is 41.0 Å². The molecule has 1 aromatic heterocycles. The topological polar surface area (TPSA) is 63.2 Å². The summed E-state index contributed by atoms with van der Waals surface area (Å²) in [5, 5.41) is 5.73. The van der Waals surface area contributed by atoms with E-state index in [1.54, 1.807) is 18.3 Å². The van der Waals surface area contributed by atoms with E-state index in [2.05, 4.69) is 36.3 Å². The molecule has 6 heteroatoms. The normalized spacial score (nSPS) is 9.95. The summed E-state index contributed by atoms with van der Waals surface area (Å²) < 4.78 is 5.48. The summed E-state index contributed by atoms with van der Waals surface area (Å²) in [5.74, 6) is 0.685. The SMILES string of the molecule is COC(=O)Nc1ccc(Nc2ccc(C)cc2Br)nc1. The van der Waals surface area contributed by atoms with Crippen molar-refractivity contribution in [2.24, 2.45) is 0 Å². The van der Waals surface area contributed by atoms with Crippen molar-refractivity contribution in [2.75, 3.05) is 17.7 Å². The molecule has 0 saturated heterocycles. The number of ether oxygens (including phenoxy) is 1. The molecule has 0 fully saturated rings. The Morgan fingerprint density at radius 2 is 2.10 bits per heavy atom. The third-order valence-electron chi connectivity index (χ3n) is 2.58. The number of hydrogen-bond donors (Lipinski definition) is 2. The third-order valence-corrected chi connectivity index (χ3v) is 3.24. The quantitative estimate of drug-likeness (QED) is 0.887. The molecular weight excluding hydrogens is 322 g/mol. The van der Waals surface area contributed by atoms with Crippen molar-refractivity contribution in [3.05, 3.63) is 46.6 Å². The summed E-state index contributed by atoms with van der Waals surface area (Å²) >= 11 is 3.50. The number of amides is 1. The molecule has 0 unspecified atom stereocenters. The predicted octanol–water partition coefficient (Wildman–Crippen LogP) is 4.07. The standard InChI is InChI=1S/C14H14BrN3O2/c1-9-3-5-12(11(15)7-9)18-13-6-4-10(8-16-13)17-14(19)20-2/h3-8H,1-2H3,(H,16,18)(H,17,19). The van der Waals surface area contributed by atoms with E-state index in [9.17, 15) is 4.79 Å². The zero-order valence-electron chi connectivity index (χ0n) is 11.1. The monoisotopic (exact) mass is 335 g/mol. The molecule has 1 amide bonds. The average Bonchev–Trinajstić information content (AvgIpc) is 2.44. The highest BCUT2D eigenvalue weighted by Gasteiger charge is 2.03. The van der Waals surface area contributed by atoms with Crippen LogP contribution in [0.4, 0.5) is 22.0 Å². The molecule has 104 valence electrons. The maximum absolute atomic E-state index is 11.1. The number of carbonyl (C=O) groups excluding carboxylic acids is 1. The Morgan fingerprint density at radius 3 is 2.70 bits per heavy atom. The summed E-state index contributed by atoms with van der Waals surface area (Å²) in [4.78, 5) is 15.3. The van der Waals surface area contributed by atoms with Crippen LogP contribution in [-0.4, -0.2) is 18.2 Å². The molecule has 2 N–H and O–H groups in total. The first-order valence-electron chi connectivity index (χ1n) is 5.92. The van der Waals surface area contributed by atoms with Crippen LogP contribution in [0.2, 0.25) is 0 Å². The van der Waals surface area contributed by atoms with Gasteiger partial charge in [-0.3, -0.25) is 5.32 Å². The van der Waals surface area contributed by atoms with Gasteiger partial charge in [0.25, 0.3) is 0 Å². The fraction of sp³-hybridized carbons (Fsp3) is 0.143. The first-order valence-corrected chi connectivity index (χ1v) is 6.72. The molecule has 0 bridgehead atoms. The van der Waals surface area contributed by atoms with Crippen molar-refractivity contribution in [3.8, 4) is 0 Å². The van der Waals surface area contributed by atoms with E-state index in [-0.39, 0.29) is 0 Å². The summed E-state index contributed by atoms with van der Waals surface area (Å²) in [6.07, 6.45) is 1.04. The number of carbonyl (C=O) groups is 1. The van der Waals surface area contributed by atoms with Crippen LogP contribution >= 0.6 is 15.9 Å². The number of benzene rings is 1. The van der Waals surface area contributed by atoms with E-state index in [1.807, 2.05) is 25.1 Å². The number of halogens is 1. The number of nitrogens with one attached hydrogen (secondary N) is 2. The van der Waals surface area contributed by atoms with Gasteiger partial charge in [-0.1, -0.05) is 6.07 Å². The zero-order valence-corrected chi connectivity index (χ0v) is 12.7. The fourth-order valence-electron chi connectivity index (χ4n) is 1.57. The Hall–Kier alpha value is -2.08. The highest BCUT2D eigenvalue weighted by atomic mass is 79.9. The van der Waals surface area contributed by atoms with Gasteiger partial charge in [0.2, 0.25) is 0 Å². The van der Waals surface area contributed by atoms with Gasteiger partial charge in [0.05, 0.1) is 24.7 Å². The van der Waals surface area contributed by atoms with Gasteiger partial charge in [-0.2, -0.15) is 0 Å². The van der Waals surface area contributed by atoms with Gasteiger partial charge < -0.3 is 10.1 Å². The Morgan fingerprint density at radius 1 is 1.30 bits per heavy atom. The molecule has 1 aromatic carbocycles. The van der Waals surface area contributed by atoms with Crippen LogP contribution in [0.3, 0.4) is 0 Å². The van der Waals surface area contributed by atoms with Gasteiger partial charge in [0, 0.05) is 4.47 Å². The Labute approximate surface area is 125 Å². The molecule has 0 aliphatic rings. The molecular formula is C14H14BrN3O2. The van der Waals surface area contributed by atoms with Crippen molar-refractivity contribution in [1.82, 2.24) is 4.98 Å². The van der Waals surface area contributed by atoms with Crippen molar-refractivity contribution in [2.45, 2.75) is 6.92 Å². The molecule has 2 rings (SSSR count). The molecule has 0 spiro atoms. The molecule has 0 aliphatic carbocycles. The van der Waals surface area contributed by atoms with Gasteiger partial charge in [-0.15, -0.1) is 0 Å². The first-order chi connectivity index (χ1) is 9.58. The largest absolute Gasteiger partial charge is 0.453 e. The lowest BCUT2D eigenvalue weighted by Gasteiger charge is -2.09. The minimum absolute atomic E-state index is 0.520.